The lowest BCUT2D eigenvalue weighted by Gasteiger charge is -2.32. The second-order valence-electron chi connectivity index (χ2n) is 7.31. The molecule has 9 heteroatoms. The molecule has 3 heterocycles. The van der Waals surface area contributed by atoms with Crippen molar-refractivity contribution >= 4 is 23.2 Å². The molecule has 1 amide bonds. The summed E-state index contributed by atoms with van der Waals surface area (Å²) in [7, 11) is 1.60. The zero-order valence-corrected chi connectivity index (χ0v) is 17.6. The van der Waals surface area contributed by atoms with Crippen LogP contribution in [-0.2, 0) is 9.53 Å². The number of pyridine rings is 2. The van der Waals surface area contributed by atoms with Gasteiger partial charge in [-0.05, 0) is 48.5 Å². The number of methoxy groups -OCH3 is 1. The van der Waals surface area contributed by atoms with Crippen molar-refractivity contribution in [1.82, 2.24) is 14.9 Å². The molecule has 2 N–H and O–H groups in total. The van der Waals surface area contributed by atoms with Crippen molar-refractivity contribution in [2.24, 2.45) is 0 Å². The third kappa shape index (κ3) is 5.77. The maximum atomic E-state index is 13.1. The lowest BCUT2D eigenvalue weighted by molar-refractivity contribution is -0.119. The van der Waals surface area contributed by atoms with Crippen LogP contribution in [0.1, 0.15) is 11.8 Å². The number of halogens is 1. The number of aromatic nitrogens is 2. The van der Waals surface area contributed by atoms with Gasteiger partial charge in [-0.3, -0.25) is 9.69 Å². The Morgan fingerprint density at radius 1 is 1.19 bits per heavy atom. The molecule has 166 valence electrons. The van der Waals surface area contributed by atoms with Crippen molar-refractivity contribution in [3.8, 4) is 5.75 Å². The van der Waals surface area contributed by atoms with Gasteiger partial charge in [0, 0.05) is 18.8 Å². The largest absolute Gasteiger partial charge is 0.497 e. The van der Waals surface area contributed by atoms with Crippen LogP contribution in [0.3, 0.4) is 0 Å². The van der Waals surface area contributed by atoms with Crippen LogP contribution in [0, 0.1) is 5.82 Å². The Balaban J connectivity index is 1.34. The van der Waals surface area contributed by atoms with Crippen molar-refractivity contribution in [2.75, 3.05) is 44.0 Å². The molecule has 8 nitrogen and oxygen atoms in total. The van der Waals surface area contributed by atoms with Gasteiger partial charge in [0.05, 0.1) is 32.2 Å². The van der Waals surface area contributed by atoms with Crippen LogP contribution in [-0.4, -0.2) is 54.1 Å². The number of rotatable bonds is 7. The van der Waals surface area contributed by atoms with E-state index >= 15 is 0 Å². The van der Waals surface area contributed by atoms with E-state index in [9.17, 15) is 9.18 Å². The summed E-state index contributed by atoms with van der Waals surface area (Å²) < 4.78 is 24.1. The number of hydrogen-bond donors (Lipinski definition) is 2. The number of morpholine rings is 1. The molecule has 0 spiro atoms. The topological polar surface area (TPSA) is 88.6 Å². The summed E-state index contributed by atoms with van der Waals surface area (Å²) in [5, 5.41) is 5.96. The average Bonchev–Trinajstić information content (AvgIpc) is 2.81. The van der Waals surface area contributed by atoms with E-state index in [1.807, 2.05) is 17.0 Å². The van der Waals surface area contributed by atoms with E-state index in [2.05, 4.69) is 20.6 Å². The monoisotopic (exact) mass is 437 g/mol. The number of carbonyl (C=O) groups is 1. The molecule has 0 saturated carbocycles. The number of nitrogens with one attached hydrogen (secondary N) is 2. The van der Waals surface area contributed by atoms with Crippen LogP contribution in [0.25, 0.3) is 0 Å². The van der Waals surface area contributed by atoms with E-state index in [1.165, 1.54) is 6.07 Å². The van der Waals surface area contributed by atoms with Crippen LogP contribution in [0.4, 0.5) is 21.7 Å². The Bertz CT molecular complexity index is 1050. The molecule has 2 aromatic heterocycles. The van der Waals surface area contributed by atoms with E-state index in [-0.39, 0.29) is 18.6 Å². The molecule has 1 aliphatic rings. The molecule has 32 heavy (non-hydrogen) atoms. The van der Waals surface area contributed by atoms with Crippen molar-refractivity contribution in [3.05, 3.63) is 72.3 Å². The number of ether oxygens (including phenoxy) is 2. The van der Waals surface area contributed by atoms with Gasteiger partial charge in [-0.2, -0.15) is 0 Å². The number of carbonyl (C=O) groups excluding carboxylic acids is 1. The predicted molar refractivity (Wildman–Crippen MR) is 118 cm³/mol. The Morgan fingerprint density at radius 2 is 2.03 bits per heavy atom. The predicted octanol–water partition coefficient (Wildman–Crippen LogP) is 3.38. The van der Waals surface area contributed by atoms with Gasteiger partial charge < -0.3 is 20.1 Å². The summed E-state index contributed by atoms with van der Waals surface area (Å²) in [5.74, 6) is 1.32. The Hall–Kier alpha value is -3.56. The third-order valence-electron chi connectivity index (χ3n) is 4.98. The molecule has 3 aromatic rings. The first-order chi connectivity index (χ1) is 15.6. The molecule has 0 unspecified atom stereocenters. The number of hydrogen-bond acceptors (Lipinski definition) is 7. The molecule has 1 saturated heterocycles. The maximum absolute atomic E-state index is 13.1. The second-order valence-corrected chi connectivity index (χ2v) is 7.31. The summed E-state index contributed by atoms with van der Waals surface area (Å²) in [6, 6.07) is 15.6. The first kappa shape index (κ1) is 21.7. The van der Waals surface area contributed by atoms with Crippen LogP contribution in [0.2, 0.25) is 0 Å². The minimum atomic E-state index is -0.399. The van der Waals surface area contributed by atoms with Gasteiger partial charge in [-0.15, -0.1) is 0 Å². The van der Waals surface area contributed by atoms with Gasteiger partial charge in [0.15, 0.2) is 0 Å². The molecule has 1 fully saturated rings. The van der Waals surface area contributed by atoms with Gasteiger partial charge in [0.2, 0.25) is 5.91 Å². The lowest BCUT2D eigenvalue weighted by Crippen LogP contribution is -2.42. The zero-order valence-electron chi connectivity index (χ0n) is 17.6. The summed E-state index contributed by atoms with van der Waals surface area (Å²) in [5.41, 5.74) is 1.47. The van der Waals surface area contributed by atoms with Gasteiger partial charge in [0.25, 0.3) is 0 Å². The Morgan fingerprint density at radius 3 is 2.78 bits per heavy atom. The van der Waals surface area contributed by atoms with E-state index in [1.54, 1.807) is 43.5 Å². The van der Waals surface area contributed by atoms with E-state index in [0.717, 1.165) is 23.3 Å². The Labute approximate surface area is 185 Å². The van der Waals surface area contributed by atoms with Crippen LogP contribution in [0.15, 0.2) is 60.8 Å². The Kier molecular flexibility index (Phi) is 6.88. The summed E-state index contributed by atoms with van der Waals surface area (Å²) in [6.45, 7) is 1.95. The molecular formula is C23H24FN5O3. The van der Waals surface area contributed by atoms with E-state index in [0.29, 0.717) is 31.3 Å². The highest BCUT2D eigenvalue weighted by Gasteiger charge is 2.24. The molecule has 0 bridgehead atoms. The normalized spacial score (nSPS) is 16.4. The minimum absolute atomic E-state index is 0.0958. The van der Waals surface area contributed by atoms with Gasteiger partial charge in [-0.25, -0.2) is 14.4 Å². The maximum Gasteiger partial charge on any atom is 0.238 e. The van der Waals surface area contributed by atoms with E-state index < -0.39 is 5.82 Å². The SMILES string of the molecule is COc1ccc(NC(=O)CN2CCO[C@@H](c3cccc(Nc4ccc(F)cn4)n3)C2)cc1. The molecule has 4 rings (SSSR count). The number of nitrogens with zero attached hydrogens (tertiary/aromatic N) is 3. The van der Waals surface area contributed by atoms with Crippen molar-refractivity contribution in [2.45, 2.75) is 6.10 Å². The van der Waals surface area contributed by atoms with Crippen molar-refractivity contribution < 1.29 is 18.7 Å². The molecule has 1 atom stereocenters. The van der Waals surface area contributed by atoms with Gasteiger partial charge in [-0.1, -0.05) is 6.07 Å². The highest BCUT2D eigenvalue weighted by molar-refractivity contribution is 5.92. The zero-order chi connectivity index (χ0) is 22.3. The lowest BCUT2D eigenvalue weighted by atomic mass is 10.2. The minimum Gasteiger partial charge on any atom is -0.497 e. The second kappa shape index (κ2) is 10.2. The van der Waals surface area contributed by atoms with Gasteiger partial charge >= 0.3 is 0 Å². The fourth-order valence-electron chi connectivity index (χ4n) is 3.38. The first-order valence-electron chi connectivity index (χ1n) is 10.2. The summed E-state index contributed by atoms with van der Waals surface area (Å²) >= 11 is 0. The first-order valence-corrected chi connectivity index (χ1v) is 10.2. The number of benzene rings is 1. The standard InChI is InChI=1S/C23H24FN5O3/c1-31-18-8-6-17(7-9-18)26-23(30)15-29-11-12-32-20(14-29)19-3-2-4-22(27-19)28-21-10-5-16(24)13-25-21/h2-10,13,20H,11-12,14-15H2,1H3,(H,26,30)(H,25,27,28)/t20-/m1/s1. The molecule has 1 aliphatic heterocycles. The summed E-state index contributed by atoms with van der Waals surface area (Å²) in [4.78, 5) is 23.1. The fraction of sp³-hybridized carbons (Fsp3) is 0.261. The quantitative estimate of drug-likeness (QED) is 0.586. The van der Waals surface area contributed by atoms with Crippen LogP contribution in [0.5, 0.6) is 5.75 Å². The summed E-state index contributed by atoms with van der Waals surface area (Å²) in [6.07, 6.45) is 0.881. The highest BCUT2D eigenvalue weighted by atomic mass is 19.1. The highest BCUT2D eigenvalue weighted by Crippen LogP contribution is 2.23. The fourth-order valence-corrected chi connectivity index (χ4v) is 3.38. The molecule has 0 radical (unpaired) electrons. The molecular weight excluding hydrogens is 413 g/mol. The molecule has 0 aliphatic carbocycles. The average molecular weight is 437 g/mol. The van der Waals surface area contributed by atoms with Crippen LogP contribution >= 0.6 is 0 Å². The third-order valence-corrected chi connectivity index (χ3v) is 4.98. The number of anilines is 3. The smallest absolute Gasteiger partial charge is 0.238 e. The molecule has 1 aromatic carbocycles. The number of amides is 1. The van der Waals surface area contributed by atoms with Crippen molar-refractivity contribution in [1.29, 1.82) is 0 Å². The van der Waals surface area contributed by atoms with Gasteiger partial charge in [0.1, 0.15) is 29.3 Å². The van der Waals surface area contributed by atoms with E-state index in [4.69, 9.17) is 9.47 Å². The van der Waals surface area contributed by atoms with Crippen LogP contribution < -0.4 is 15.4 Å². The van der Waals surface area contributed by atoms with Crippen molar-refractivity contribution in [3.63, 3.8) is 0 Å².